The van der Waals surface area contributed by atoms with E-state index in [4.69, 9.17) is 5.73 Å². The van der Waals surface area contributed by atoms with Gasteiger partial charge in [-0.05, 0) is 48.9 Å². The maximum absolute atomic E-state index is 12.6. The molecule has 2 aliphatic rings. The summed E-state index contributed by atoms with van der Waals surface area (Å²) in [7, 11) is 0. The Morgan fingerprint density at radius 2 is 2.14 bits per heavy atom. The molecule has 1 heterocycles. The lowest BCUT2D eigenvalue weighted by Crippen LogP contribution is -2.24. The van der Waals surface area contributed by atoms with Crippen LogP contribution < -0.4 is 11.1 Å². The Labute approximate surface area is 129 Å². The molecule has 1 spiro atoms. The summed E-state index contributed by atoms with van der Waals surface area (Å²) in [5, 5.41) is 2.98. The molecule has 1 fully saturated rings. The van der Waals surface area contributed by atoms with Crippen molar-refractivity contribution in [2.24, 2.45) is 5.92 Å². The molecule has 2 atom stereocenters. The molecular weight excluding hydrogens is 274 g/mol. The third-order valence-corrected chi connectivity index (χ3v) is 5.07. The number of fused-ring (bicyclic) bond motifs is 2. The molecule has 0 radical (unpaired) electrons. The number of aryl methyl sites for hydroxylation is 1. The van der Waals surface area contributed by atoms with Crippen LogP contribution in [0.2, 0.25) is 0 Å². The first-order chi connectivity index (χ1) is 10.7. The molecule has 4 heteroatoms. The molecule has 4 rings (SSSR count). The fourth-order valence-electron chi connectivity index (χ4n) is 3.88. The fraction of sp³-hybridized carbons (Fsp3) is 0.333. The van der Waals surface area contributed by atoms with Crippen LogP contribution in [0, 0.1) is 5.92 Å². The maximum Gasteiger partial charge on any atom is 0.228 e. The van der Waals surface area contributed by atoms with Crippen LogP contribution >= 0.6 is 0 Å². The summed E-state index contributed by atoms with van der Waals surface area (Å²) in [4.78, 5) is 16.6. The minimum Gasteiger partial charge on any atom is -0.384 e. The molecule has 2 aliphatic carbocycles. The molecule has 2 unspecified atom stereocenters. The van der Waals surface area contributed by atoms with Crippen molar-refractivity contribution in [1.29, 1.82) is 0 Å². The summed E-state index contributed by atoms with van der Waals surface area (Å²) in [5.74, 6) is 0.636. The quantitative estimate of drug-likeness (QED) is 0.894. The number of nitrogens with zero attached hydrogens (tertiary/aromatic N) is 1. The SMILES string of the molecule is Nc1ccc(NC(=O)C2CC23CCCc2ccccc23)cn1. The molecule has 4 nitrogen and oxygen atoms in total. The van der Waals surface area contributed by atoms with E-state index in [2.05, 4.69) is 34.6 Å². The number of carbonyl (C=O) groups excluding carboxylic acids is 1. The van der Waals surface area contributed by atoms with Gasteiger partial charge in [0.15, 0.2) is 0 Å². The van der Waals surface area contributed by atoms with E-state index in [0.717, 1.165) is 19.3 Å². The molecule has 0 aliphatic heterocycles. The van der Waals surface area contributed by atoms with Gasteiger partial charge in [-0.3, -0.25) is 4.79 Å². The molecule has 112 valence electrons. The van der Waals surface area contributed by atoms with E-state index in [1.807, 2.05) is 0 Å². The topological polar surface area (TPSA) is 68.0 Å². The molecule has 0 bridgehead atoms. The van der Waals surface area contributed by atoms with E-state index < -0.39 is 0 Å². The average molecular weight is 293 g/mol. The lowest BCUT2D eigenvalue weighted by atomic mass is 9.78. The number of carbonyl (C=O) groups is 1. The van der Waals surface area contributed by atoms with Gasteiger partial charge in [0.05, 0.1) is 11.9 Å². The van der Waals surface area contributed by atoms with Crippen molar-refractivity contribution in [1.82, 2.24) is 4.98 Å². The third-order valence-electron chi connectivity index (χ3n) is 5.07. The van der Waals surface area contributed by atoms with Crippen LogP contribution in [-0.2, 0) is 16.6 Å². The van der Waals surface area contributed by atoms with Crippen molar-refractivity contribution >= 4 is 17.4 Å². The highest BCUT2D eigenvalue weighted by Crippen LogP contribution is 2.60. The van der Waals surface area contributed by atoms with Crippen LogP contribution in [-0.4, -0.2) is 10.9 Å². The summed E-state index contributed by atoms with van der Waals surface area (Å²) in [6.45, 7) is 0. The second kappa shape index (κ2) is 4.83. The Morgan fingerprint density at radius 3 is 2.95 bits per heavy atom. The van der Waals surface area contributed by atoms with E-state index in [9.17, 15) is 4.79 Å². The van der Waals surface area contributed by atoms with Gasteiger partial charge in [-0.25, -0.2) is 4.98 Å². The summed E-state index contributed by atoms with van der Waals surface area (Å²) < 4.78 is 0. The van der Waals surface area contributed by atoms with Crippen LogP contribution in [0.3, 0.4) is 0 Å². The summed E-state index contributed by atoms with van der Waals surface area (Å²) in [6.07, 6.45) is 5.98. The smallest absolute Gasteiger partial charge is 0.228 e. The van der Waals surface area contributed by atoms with Crippen LogP contribution in [0.1, 0.15) is 30.4 Å². The van der Waals surface area contributed by atoms with E-state index in [1.165, 1.54) is 17.5 Å². The zero-order chi connectivity index (χ0) is 15.2. The van der Waals surface area contributed by atoms with Gasteiger partial charge < -0.3 is 11.1 Å². The first-order valence-corrected chi connectivity index (χ1v) is 7.80. The predicted molar refractivity (Wildman–Crippen MR) is 86.4 cm³/mol. The van der Waals surface area contributed by atoms with Crippen molar-refractivity contribution in [3.05, 3.63) is 53.7 Å². The number of aromatic nitrogens is 1. The van der Waals surface area contributed by atoms with Crippen molar-refractivity contribution in [3.8, 4) is 0 Å². The maximum atomic E-state index is 12.6. The Bertz CT molecular complexity index is 725. The van der Waals surface area contributed by atoms with E-state index in [1.54, 1.807) is 18.3 Å². The fourth-order valence-corrected chi connectivity index (χ4v) is 3.88. The molecule has 22 heavy (non-hydrogen) atoms. The largest absolute Gasteiger partial charge is 0.384 e. The Balaban J connectivity index is 1.54. The molecule has 1 aromatic heterocycles. The van der Waals surface area contributed by atoms with Gasteiger partial charge in [0.1, 0.15) is 5.82 Å². The van der Waals surface area contributed by atoms with E-state index >= 15 is 0 Å². The first kappa shape index (κ1) is 13.3. The van der Waals surface area contributed by atoms with Crippen LogP contribution in [0.5, 0.6) is 0 Å². The highest BCUT2D eigenvalue weighted by atomic mass is 16.2. The average Bonchev–Trinajstić information content (AvgIpc) is 3.25. The second-order valence-corrected chi connectivity index (χ2v) is 6.38. The van der Waals surface area contributed by atoms with E-state index in [-0.39, 0.29) is 17.2 Å². The minimum absolute atomic E-state index is 0.0696. The zero-order valence-electron chi connectivity index (χ0n) is 12.4. The summed E-state index contributed by atoms with van der Waals surface area (Å²) >= 11 is 0. The van der Waals surface area contributed by atoms with Gasteiger partial charge in [0.2, 0.25) is 5.91 Å². The number of nitrogens with two attached hydrogens (primary N) is 1. The van der Waals surface area contributed by atoms with Crippen LogP contribution in [0.25, 0.3) is 0 Å². The Hall–Kier alpha value is -2.36. The minimum atomic E-state index is 0.0696. The molecule has 1 aromatic carbocycles. The van der Waals surface area contributed by atoms with Crippen molar-refractivity contribution in [2.75, 3.05) is 11.1 Å². The van der Waals surface area contributed by atoms with Gasteiger partial charge in [-0.2, -0.15) is 0 Å². The molecule has 1 amide bonds. The Morgan fingerprint density at radius 1 is 1.27 bits per heavy atom. The standard InChI is InChI=1S/C18H19N3O/c19-16-8-7-13(11-20-16)21-17(22)15-10-18(15)9-3-5-12-4-1-2-6-14(12)18/h1-2,4,6-8,11,15H,3,5,9-10H2,(H2,19,20)(H,21,22). The summed E-state index contributed by atoms with van der Waals surface area (Å²) in [5.41, 5.74) is 9.15. The lowest BCUT2D eigenvalue weighted by molar-refractivity contribution is -0.117. The number of rotatable bonds is 2. The zero-order valence-corrected chi connectivity index (χ0v) is 12.4. The van der Waals surface area contributed by atoms with Gasteiger partial charge in [0, 0.05) is 11.3 Å². The van der Waals surface area contributed by atoms with Crippen molar-refractivity contribution < 1.29 is 4.79 Å². The molecule has 2 aromatic rings. The molecule has 0 saturated heterocycles. The number of hydrogen-bond donors (Lipinski definition) is 2. The van der Waals surface area contributed by atoms with Gasteiger partial charge in [-0.1, -0.05) is 24.3 Å². The number of amides is 1. The molecule has 3 N–H and O–H groups in total. The third kappa shape index (κ3) is 2.06. The number of pyridine rings is 1. The van der Waals surface area contributed by atoms with Gasteiger partial charge >= 0.3 is 0 Å². The second-order valence-electron chi connectivity index (χ2n) is 6.38. The van der Waals surface area contributed by atoms with Crippen molar-refractivity contribution in [2.45, 2.75) is 31.1 Å². The summed E-state index contributed by atoms with van der Waals surface area (Å²) in [6, 6.07) is 12.1. The van der Waals surface area contributed by atoms with Crippen LogP contribution in [0.15, 0.2) is 42.6 Å². The number of nitrogen functional groups attached to an aromatic ring is 1. The predicted octanol–water partition coefficient (Wildman–Crippen LogP) is 2.90. The number of anilines is 2. The highest BCUT2D eigenvalue weighted by molar-refractivity contribution is 5.96. The molecule has 1 saturated carbocycles. The molecular formula is C18H19N3O. The monoisotopic (exact) mass is 293 g/mol. The normalized spacial score (nSPS) is 25.5. The highest BCUT2D eigenvalue weighted by Gasteiger charge is 2.60. The lowest BCUT2D eigenvalue weighted by Gasteiger charge is -2.26. The number of nitrogens with one attached hydrogen (secondary N) is 1. The first-order valence-electron chi connectivity index (χ1n) is 7.80. The van der Waals surface area contributed by atoms with Crippen molar-refractivity contribution in [3.63, 3.8) is 0 Å². The van der Waals surface area contributed by atoms with Gasteiger partial charge in [0.25, 0.3) is 0 Å². The Kier molecular flexibility index (Phi) is 2.93. The van der Waals surface area contributed by atoms with Crippen LogP contribution in [0.4, 0.5) is 11.5 Å². The van der Waals surface area contributed by atoms with E-state index in [0.29, 0.717) is 11.5 Å². The number of hydrogen-bond acceptors (Lipinski definition) is 3. The van der Waals surface area contributed by atoms with Gasteiger partial charge in [-0.15, -0.1) is 0 Å². The number of benzene rings is 1.